The SMILES string of the molecule is CC[C@H]1CC[C@H]2[C@@H]3CCC4CC56OC5(C[C@]4(C)[C@H]3CC[C@]12C)O6. The van der Waals surface area contributed by atoms with Gasteiger partial charge in [0, 0.05) is 12.8 Å². The van der Waals surface area contributed by atoms with Gasteiger partial charge in [-0.3, -0.25) is 0 Å². The number of hydrogen-bond acceptors (Lipinski definition) is 2. The van der Waals surface area contributed by atoms with Gasteiger partial charge < -0.3 is 9.47 Å². The quantitative estimate of drug-likeness (QED) is 0.627. The van der Waals surface area contributed by atoms with E-state index in [0.29, 0.717) is 10.8 Å². The molecule has 2 saturated heterocycles. The predicted molar refractivity (Wildman–Crippen MR) is 88.5 cm³/mol. The van der Waals surface area contributed by atoms with Crippen LogP contribution in [0.5, 0.6) is 0 Å². The molecule has 2 heterocycles. The fraction of sp³-hybridized carbons (Fsp3) is 1.00. The fourth-order valence-corrected chi connectivity index (χ4v) is 8.69. The maximum absolute atomic E-state index is 6.00. The van der Waals surface area contributed by atoms with Crippen LogP contribution in [0.1, 0.15) is 78.6 Å². The smallest absolute Gasteiger partial charge is 0.229 e. The molecule has 0 aromatic rings. The number of epoxide rings is 2. The van der Waals surface area contributed by atoms with E-state index in [0.717, 1.165) is 29.6 Å². The lowest BCUT2D eigenvalue weighted by molar-refractivity contribution is -0.116. The van der Waals surface area contributed by atoms with Crippen molar-refractivity contribution in [3.63, 3.8) is 0 Å². The Balaban J connectivity index is 1.34. The van der Waals surface area contributed by atoms with Crippen LogP contribution in [-0.4, -0.2) is 11.6 Å². The molecule has 0 N–H and O–H groups in total. The van der Waals surface area contributed by atoms with E-state index in [1.165, 1.54) is 57.8 Å². The average molecular weight is 316 g/mol. The highest BCUT2D eigenvalue weighted by Crippen LogP contribution is 2.81. The number of ether oxygens (including phenoxy) is 2. The van der Waals surface area contributed by atoms with Crippen molar-refractivity contribution in [3.8, 4) is 0 Å². The summed E-state index contributed by atoms with van der Waals surface area (Å²) in [6, 6.07) is 0. The van der Waals surface area contributed by atoms with Gasteiger partial charge in [0.25, 0.3) is 0 Å². The monoisotopic (exact) mass is 316 g/mol. The van der Waals surface area contributed by atoms with Crippen LogP contribution in [0.2, 0.25) is 0 Å². The molecule has 2 nitrogen and oxygen atoms in total. The van der Waals surface area contributed by atoms with Gasteiger partial charge in [0.2, 0.25) is 11.6 Å². The van der Waals surface area contributed by atoms with Crippen molar-refractivity contribution in [2.45, 2.75) is 90.1 Å². The molecule has 7 atom stereocenters. The van der Waals surface area contributed by atoms with Gasteiger partial charge in [-0.25, -0.2) is 0 Å². The van der Waals surface area contributed by atoms with Gasteiger partial charge in [-0.2, -0.15) is 0 Å². The summed E-state index contributed by atoms with van der Waals surface area (Å²) in [7, 11) is 0. The second-order valence-electron chi connectivity index (χ2n) is 10.5. The van der Waals surface area contributed by atoms with Crippen LogP contribution in [-0.2, 0) is 9.47 Å². The molecule has 0 amide bonds. The molecule has 4 saturated carbocycles. The van der Waals surface area contributed by atoms with Crippen LogP contribution in [0, 0.1) is 40.4 Å². The summed E-state index contributed by atoms with van der Waals surface area (Å²) < 4.78 is 12.0. The molecule has 6 aliphatic rings. The van der Waals surface area contributed by atoms with Crippen molar-refractivity contribution in [2.24, 2.45) is 40.4 Å². The van der Waals surface area contributed by atoms with Gasteiger partial charge in [-0.15, -0.1) is 0 Å². The van der Waals surface area contributed by atoms with Crippen LogP contribution >= 0.6 is 0 Å². The standard InChI is InChI=1S/C21H32O2/c1-4-13-6-8-16-15-7-5-14-11-20-21(22-20,23-20)12-19(14,3)17(15)9-10-18(13,16)2/h13-17H,4-12H2,1-3H3/t13-,14?,15-,16-,17-,18+,19-,20?,21?/m0/s1. The highest BCUT2D eigenvalue weighted by molar-refractivity contribution is 5.26. The molecule has 6 fully saturated rings. The first-order chi connectivity index (χ1) is 11.0. The maximum Gasteiger partial charge on any atom is 0.229 e. The molecule has 23 heavy (non-hydrogen) atoms. The molecule has 0 aromatic carbocycles. The van der Waals surface area contributed by atoms with Crippen LogP contribution in [0.4, 0.5) is 0 Å². The molecule has 0 spiro atoms. The van der Waals surface area contributed by atoms with E-state index in [-0.39, 0.29) is 11.6 Å². The highest BCUT2D eigenvalue weighted by Gasteiger charge is 2.94. The molecule has 128 valence electrons. The summed E-state index contributed by atoms with van der Waals surface area (Å²) in [4.78, 5) is 0. The van der Waals surface area contributed by atoms with Gasteiger partial charge in [0.15, 0.2) is 0 Å². The third-order valence-electron chi connectivity index (χ3n) is 10.0. The zero-order chi connectivity index (χ0) is 15.7. The van der Waals surface area contributed by atoms with Crippen LogP contribution < -0.4 is 0 Å². The Hall–Kier alpha value is -0.0800. The summed E-state index contributed by atoms with van der Waals surface area (Å²) in [6.07, 6.45) is 12.7. The van der Waals surface area contributed by atoms with Crippen molar-refractivity contribution < 1.29 is 9.47 Å². The van der Waals surface area contributed by atoms with Gasteiger partial charge in [0.05, 0.1) is 0 Å². The highest BCUT2D eigenvalue weighted by atomic mass is 17.0. The minimum Gasteiger partial charge on any atom is -0.307 e. The second-order valence-corrected chi connectivity index (χ2v) is 10.5. The summed E-state index contributed by atoms with van der Waals surface area (Å²) in [5.41, 5.74) is 1.15. The van der Waals surface area contributed by atoms with E-state index in [1.807, 2.05) is 0 Å². The maximum atomic E-state index is 6.00. The van der Waals surface area contributed by atoms with E-state index >= 15 is 0 Å². The van der Waals surface area contributed by atoms with E-state index in [4.69, 9.17) is 9.47 Å². The molecule has 4 aliphatic carbocycles. The van der Waals surface area contributed by atoms with E-state index < -0.39 is 0 Å². The van der Waals surface area contributed by atoms with Gasteiger partial charge >= 0.3 is 0 Å². The zero-order valence-electron chi connectivity index (χ0n) is 15.1. The topological polar surface area (TPSA) is 25.1 Å². The first-order valence-electron chi connectivity index (χ1n) is 10.4. The summed E-state index contributed by atoms with van der Waals surface area (Å²) in [6.45, 7) is 7.70. The number of hydrogen-bond donors (Lipinski definition) is 0. The van der Waals surface area contributed by atoms with Crippen molar-refractivity contribution in [2.75, 3.05) is 0 Å². The zero-order valence-corrected chi connectivity index (χ0v) is 15.1. The Bertz CT molecular complexity index is 564. The third kappa shape index (κ3) is 1.43. The van der Waals surface area contributed by atoms with Crippen molar-refractivity contribution in [1.82, 2.24) is 0 Å². The lowest BCUT2D eigenvalue weighted by Crippen LogP contribution is -2.53. The first kappa shape index (κ1) is 14.1. The summed E-state index contributed by atoms with van der Waals surface area (Å²) in [5.74, 6) is 4.62. The van der Waals surface area contributed by atoms with Crippen molar-refractivity contribution >= 4 is 0 Å². The van der Waals surface area contributed by atoms with Crippen LogP contribution in [0.15, 0.2) is 0 Å². The van der Waals surface area contributed by atoms with Gasteiger partial charge in [-0.05, 0) is 78.9 Å². The molecule has 6 rings (SSSR count). The molecular weight excluding hydrogens is 284 g/mol. The van der Waals surface area contributed by atoms with E-state index in [9.17, 15) is 0 Å². The largest absolute Gasteiger partial charge is 0.307 e. The summed E-state index contributed by atoms with van der Waals surface area (Å²) in [5, 5.41) is 0. The molecule has 2 aliphatic heterocycles. The van der Waals surface area contributed by atoms with E-state index in [1.54, 1.807) is 0 Å². The van der Waals surface area contributed by atoms with Crippen LogP contribution in [0.25, 0.3) is 0 Å². The normalized spacial score (nSPS) is 68.2. The minimum absolute atomic E-state index is 0.0755. The second kappa shape index (κ2) is 3.85. The minimum atomic E-state index is -0.0947. The van der Waals surface area contributed by atoms with Gasteiger partial charge in [0.1, 0.15) is 0 Å². The number of rotatable bonds is 1. The molecule has 0 radical (unpaired) electrons. The Morgan fingerprint density at radius 1 is 0.870 bits per heavy atom. The Labute approximate surface area is 140 Å². The lowest BCUT2D eigenvalue weighted by Gasteiger charge is -2.59. The van der Waals surface area contributed by atoms with Crippen LogP contribution in [0.3, 0.4) is 0 Å². The molecule has 0 aromatic heterocycles. The number of fused-ring (bicyclic) bond motifs is 5. The first-order valence-corrected chi connectivity index (χ1v) is 10.4. The van der Waals surface area contributed by atoms with E-state index in [2.05, 4.69) is 20.8 Å². The molecule has 2 heteroatoms. The molecule has 1 unspecified atom stereocenters. The van der Waals surface area contributed by atoms with Gasteiger partial charge in [-0.1, -0.05) is 27.2 Å². The lowest BCUT2D eigenvalue weighted by atomic mass is 9.45. The third-order valence-corrected chi connectivity index (χ3v) is 10.0. The molecular formula is C21H32O2. The van der Waals surface area contributed by atoms with Crippen molar-refractivity contribution in [1.29, 1.82) is 0 Å². The Kier molecular flexibility index (Phi) is 2.36. The fourth-order valence-electron chi connectivity index (χ4n) is 8.69. The molecule has 0 bridgehead atoms. The van der Waals surface area contributed by atoms with Crippen molar-refractivity contribution in [3.05, 3.63) is 0 Å². The Morgan fingerprint density at radius 3 is 2.43 bits per heavy atom. The summed E-state index contributed by atoms with van der Waals surface area (Å²) >= 11 is 0. The predicted octanol–water partition coefficient (Wildman–Crippen LogP) is 5.12. The Morgan fingerprint density at radius 2 is 1.65 bits per heavy atom. The average Bonchev–Trinajstić information content (AvgIpc) is 3.25.